The first-order valence-electron chi connectivity index (χ1n) is 5.05. The molecule has 5 nitrogen and oxygen atoms in total. The largest absolute Gasteiger partial charge is 0.279 e. The number of halogens is 1. The highest BCUT2D eigenvalue weighted by Gasteiger charge is 2.17. The Hall–Kier alpha value is -1.22. The molecule has 0 radical (unpaired) electrons. The zero-order chi connectivity index (χ0) is 13.5. The predicted molar refractivity (Wildman–Crippen MR) is 77.6 cm³/mol. The second-order valence-electron chi connectivity index (χ2n) is 3.63. The molecule has 0 saturated heterocycles. The average molecular weight is 332 g/mol. The molecular formula is C10H6ClN3O2S3. The number of hydrogen-bond acceptors (Lipinski definition) is 6. The van der Waals surface area contributed by atoms with Crippen molar-refractivity contribution in [2.45, 2.75) is 4.21 Å². The number of sulfonamides is 1. The monoisotopic (exact) mass is 331 g/mol. The molecule has 0 aliphatic rings. The van der Waals surface area contributed by atoms with Gasteiger partial charge in [-0.3, -0.25) is 4.72 Å². The third-order valence-corrected chi connectivity index (χ3v) is 5.98. The van der Waals surface area contributed by atoms with Gasteiger partial charge in [0, 0.05) is 0 Å². The van der Waals surface area contributed by atoms with Crippen LogP contribution in [-0.2, 0) is 10.0 Å². The van der Waals surface area contributed by atoms with Gasteiger partial charge in [-0.2, -0.15) is 8.75 Å². The van der Waals surface area contributed by atoms with E-state index >= 15 is 0 Å². The molecule has 1 N–H and O–H groups in total. The van der Waals surface area contributed by atoms with E-state index in [4.69, 9.17) is 11.6 Å². The van der Waals surface area contributed by atoms with Crippen LogP contribution in [0.15, 0.2) is 34.5 Å². The average Bonchev–Trinajstić information content (AvgIpc) is 2.96. The van der Waals surface area contributed by atoms with Crippen molar-refractivity contribution in [1.29, 1.82) is 0 Å². The Morgan fingerprint density at radius 2 is 1.89 bits per heavy atom. The molecule has 0 amide bonds. The summed E-state index contributed by atoms with van der Waals surface area (Å²) < 4.78 is 35.4. The molecule has 3 aromatic rings. The van der Waals surface area contributed by atoms with Gasteiger partial charge in [-0.15, -0.1) is 11.3 Å². The van der Waals surface area contributed by atoms with Gasteiger partial charge in [0.25, 0.3) is 10.0 Å². The van der Waals surface area contributed by atoms with E-state index in [-0.39, 0.29) is 4.21 Å². The molecule has 19 heavy (non-hydrogen) atoms. The first kappa shape index (κ1) is 12.8. The van der Waals surface area contributed by atoms with E-state index in [2.05, 4.69) is 13.5 Å². The molecule has 3 rings (SSSR count). The molecular weight excluding hydrogens is 326 g/mol. The highest BCUT2D eigenvalue weighted by Crippen LogP contribution is 2.27. The van der Waals surface area contributed by atoms with Crippen molar-refractivity contribution in [2.24, 2.45) is 0 Å². The Bertz CT molecular complexity index is 840. The molecule has 2 heterocycles. The van der Waals surface area contributed by atoms with Gasteiger partial charge in [-0.1, -0.05) is 11.6 Å². The lowest BCUT2D eigenvalue weighted by Gasteiger charge is -2.05. The Morgan fingerprint density at radius 3 is 2.63 bits per heavy atom. The van der Waals surface area contributed by atoms with E-state index in [1.165, 1.54) is 6.07 Å². The van der Waals surface area contributed by atoms with E-state index in [1.807, 2.05) is 0 Å². The summed E-state index contributed by atoms with van der Waals surface area (Å²) in [6, 6.07) is 8.03. The molecule has 0 saturated carbocycles. The number of nitrogens with one attached hydrogen (secondary N) is 1. The molecule has 2 aromatic heterocycles. The van der Waals surface area contributed by atoms with Gasteiger partial charge in [0.15, 0.2) is 0 Å². The van der Waals surface area contributed by atoms with Gasteiger partial charge in [-0.25, -0.2) is 8.42 Å². The molecule has 0 aliphatic carbocycles. The molecule has 1 aromatic carbocycles. The summed E-state index contributed by atoms with van der Waals surface area (Å²) in [5.74, 6) is 0. The van der Waals surface area contributed by atoms with Crippen molar-refractivity contribution in [3.63, 3.8) is 0 Å². The second-order valence-corrected chi connectivity index (χ2v) is 7.78. The molecule has 0 spiro atoms. The summed E-state index contributed by atoms with van der Waals surface area (Å²) in [7, 11) is -3.60. The Labute approximate surface area is 122 Å². The molecule has 0 aliphatic heterocycles. The van der Waals surface area contributed by atoms with Crippen LogP contribution in [0.1, 0.15) is 0 Å². The van der Waals surface area contributed by atoms with Gasteiger partial charge in [0.2, 0.25) is 0 Å². The van der Waals surface area contributed by atoms with Gasteiger partial charge < -0.3 is 0 Å². The molecule has 98 valence electrons. The Kier molecular flexibility index (Phi) is 3.17. The Morgan fingerprint density at radius 1 is 1.11 bits per heavy atom. The number of fused-ring (bicyclic) bond motifs is 1. The van der Waals surface area contributed by atoms with E-state index in [0.717, 1.165) is 28.6 Å². The van der Waals surface area contributed by atoms with Crippen LogP contribution in [0.2, 0.25) is 4.34 Å². The van der Waals surface area contributed by atoms with Crippen molar-refractivity contribution in [2.75, 3.05) is 4.72 Å². The summed E-state index contributed by atoms with van der Waals surface area (Å²) in [5, 5.41) is 0. The van der Waals surface area contributed by atoms with Gasteiger partial charge in [0.1, 0.15) is 15.2 Å². The minimum absolute atomic E-state index is 0.175. The van der Waals surface area contributed by atoms with Crippen molar-refractivity contribution in [3.05, 3.63) is 34.7 Å². The van der Waals surface area contributed by atoms with Crippen LogP contribution in [0, 0.1) is 0 Å². The summed E-state index contributed by atoms with van der Waals surface area (Å²) >= 11 is 7.84. The molecule has 0 atom stereocenters. The number of nitrogens with zero attached hydrogens (tertiary/aromatic N) is 2. The summed E-state index contributed by atoms with van der Waals surface area (Å²) in [6.07, 6.45) is 0. The van der Waals surface area contributed by atoms with Crippen LogP contribution in [0.3, 0.4) is 0 Å². The predicted octanol–water partition coefficient (Wildman–Crippen LogP) is 3.21. The highest BCUT2D eigenvalue weighted by molar-refractivity contribution is 7.94. The van der Waals surface area contributed by atoms with Gasteiger partial charge >= 0.3 is 0 Å². The SMILES string of the molecule is O=S(=O)(Nc1ccc2nsnc2c1)c1ccc(Cl)s1. The van der Waals surface area contributed by atoms with Gasteiger partial charge in [-0.05, 0) is 30.3 Å². The lowest BCUT2D eigenvalue weighted by molar-refractivity contribution is 0.603. The van der Waals surface area contributed by atoms with Crippen LogP contribution in [0.25, 0.3) is 11.0 Å². The number of hydrogen-bond donors (Lipinski definition) is 1. The van der Waals surface area contributed by atoms with Crippen molar-refractivity contribution in [3.8, 4) is 0 Å². The zero-order valence-corrected chi connectivity index (χ0v) is 12.4. The maximum Gasteiger partial charge on any atom is 0.271 e. The topological polar surface area (TPSA) is 72.0 Å². The van der Waals surface area contributed by atoms with Crippen molar-refractivity contribution >= 4 is 61.4 Å². The van der Waals surface area contributed by atoms with E-state index in [1.54, 1.807) is 24.3 Å². The minimum atomic E-state index is -3.60. The third-order valence-electron chi connectivity index (χ3n) is 2.32. The Balaban J connectivity index is 1.95. The summed E-state index contributed by atoms with van der Waals surface area (Å²) in [6.45, 7) is 0. The maximum atomic E-state index is 12.1. The number of thiophene rings is 1. The maximum absolute atomic E-state index is 12.1. The van der Waals surface area contributed by atoms with Crippen molar-refractivity contribution in [1.82, 2.24) is 8.75 Å². The van der Waals surface area contributed by atoms with Gasteiger partial charge in [0.05, 0.1) is 21.8 Å². The number of aromatic nitrogens is 2. The molecule has 0 fully saturated rings. The summed E-state index contributed by atoms with van der Waals surface area (Å²) in [4.78, 5) is 0. The van der Waals surface area contributed by atoms with Crippen LogP contribution in [0.5, 0.6) is 0 Å². The zero-order valence-electron chi connectivity index (χ0n) is 9.20. The van der Waals surface area contributed by atoms with Crippen LogP contribution < -0.4 is 4.72 Å². The highest BCUT2D eigenvalue weighted by atomic mass is 35.5. The minimum Gasteiger partial charge on any atom is -0.279 e. The quantitative estimate of drug-likeness (QED) is 0.800. The van der Waals surface area contributed by atoms with E-state index < -0.39 is 10.0 Å². The van der Waals surface area contributed by atoms with Crippen molar-refractivity contribution < 1.29 is 8.42 Å². The fraction of sp³-hybridized carbons (Fsp3) is 0. The van der Waals surface area contributed by atoms with E-state index in [0.29, 0.717) is 15.5 Å². The smallest absolute Gasteiger partial charge is 0.271 e. The number of rotatable bonds is 3. The normalized spacial score (nSPS) is 11.8. The fourth-order valence-electron chi connectivity index (χ4n) is 1.49. The fourth-order valence-corrected chi connectivity index (χ4v) is 4.54. The standard InChI is InChI=1S/C10H6ClN3O2S3/c11-9-3-4-10(17-9)19(15,16)14-6-1-2-7-8(5-6)13-18-12-7/h1-5,14H. The first-order chi connectivity index (χ1) is 9.04. The second kappa shape index (κ2) is 4.71. The molecule has 0 bridgehead atoms. The number of anilines is 1. The van der Waals surface area contributed by atoms with E-state index in [9.17, 15) is 8.42 Å². The third kappa shape index (κ3) is 2.57. The number of benzene rings is 1. The lowest BCUT2D eigenvalue weighted by Crippen LogP contribution is -2.11. The van der Waals surface area contributed by atoms with Crippen LogP contribution in [0.4, 0.5) is 5.69 Å². The summed E-state index contributed by atoms with van der Waals surface area (Å²) in [5.41, 5.74) is 1.85. The lowest BCUT2D eigenvalue weighted by atomic mass is 10.3. The van der Waals surface area contributed by atoms with Crippen LogP contribution in [-0.4, -0.2) is 17.2 Å². The van der Waals surface area contributed by atoms with Crippen LogP contribution >= 0.6 is 34.7 Å². The molecule has 9 heteroatoms. The molecule has 0 unspecified atom stereocenters. The first-order valence-corrected chi connectivity index (χ1v) is 8.46.